The SMILES string of the molecule is CC1CCNCC1NS(=O)(=O)Cc1ccccc1. The van der Waals surface area contributed by atoms with Crippen LogP contribution in [0.1, 0.15) is 18.9 Å². The summed E-state index contributed by atoms with van der Waals surface area (Å²) >= 11 is 0. The first kappa shape index (κ1) is 13.5. The molecule has 0 aliphatic carbocycles. The summed E-state index contributed by atoms with van der Waals surface area (Å²) < 4.78 is 27.0. The molecule has 0 spiro atoms. The van der Waals surface area contributed by atoms with Gasteiger partial charge in [0.05, 0.1) is 5.75 Å². The Bertz CT molecular complexity index is 473. The first-order valence-electron chi connectivity index (χ1n) is 6.31. The van der Waals surface area contributed by atoms with Gasteiger partial charge in [0.25, 0.3) is 0 Å². The summed E-state index contributed by atoms with van der Waals surface area (Å²) in [4.78, 5) is 0. The van der Waals surface area contributed by atoms with E-state index in [0.717, 1.165) is 25.1 Å². The standard InChI is InChI=1S/C13H20N2O2S/c1-11-7-8-14-9-13(11)15-18(16,17)10-12-5-3-2-4-6-12/h2-6,11,13-15H,7-10H2,1H3. The van der Waals surface area contributed by atoms with Crippen LogP contribution >= 0.6 is 0 Å². The summed E-state index contributed by atoms with van der Waals surface area (Å²) in [5.41, 5.74) is 0.821. The molecule has 0 saturated carbocycles. The third-order valence-electron chi connectivity index (χ3n) is 3.36. The lowest BCUT2D eigenvalue weighted by Gasteiger charge is -2.29. The summed E-state index contributed by atoms with van der Waals surface area (Å²) in [6.07, 6.45) is 1.01. The Morgan fingerprint density at radius 2 is 2.06 bits per heavy atom. The lowest BCUT2D eigenvalue weighted by molar-refractivity contribution is 0.327. The quantitative estimate of drug-likeness (QED) is 0.860. The normalized spacial score (nSPS) is 24.9. The van der Waals surface area contributed by atoms with E-state index >= 15 is 0 Å². The van der Waals surface area contributed by atoms with E-state index in [1.165, 1.54) is 0 Å². The maximum absolute atomic E-state index is 12.1. The molecule has 1 fully saturated rings. The molecule has 0 radical (unpaired) electrons. The molecule has 0 aromatic heterocycles. The molecule has 5 heteroatoms. The molecule has 2 N–H and O–H groups in total. The number of hydrogen-bond acceptors (Lipinski definition) is 3. The molecule has 0 bridgehead atoms. The second-order valence-electron chi connectivity index (χ2n) is 4.94. The smallest absolute Gasteiger partial charge is 0.216 e. The molecule has 1 aliphatic rings. The van der Waals surface area contributed by atoms with E-state index in [1.807, 2.05) is 30.3 Å². The molecule has 4 nitrogen and oxygen atoms in total. The van der Waals surface area contributed by atoms with Crippen LogP contribution in [-0.2, 0) is 15.8 Å². The number of sulfonamides is 1. The minimum absolute atomic E-state index is 0.00691. The van der Waals surface area contributed by atoms with E-state index in [0.29, 0.717) is 5.92 Å². The fourth-order valence-electron chi connectivity index (χ4n) is 2.21. The largest absolute Gasteiger partial charge is 0.315 e. The van der Waals surface area contributed by atoms with Gasteiger partial charge in [-0.3, -0.25) is 0 Å². The van der Waals surface area contributed by atoms with Gasteiger partial charge in [0, 0.05) is 12.6 Å². The van der Waals surface area contributed by atoms with Crippen LogP contribution in [0.25, 0.3) is 0 Å². The van der Waals surface area contributed by atoms with Crippen LogP contribution in [-0.4, -0.2) is 27.5 Å². The number of benzene rings is 1. The topological polar surface area (TPSA) is 58.2 Å². The minimum atomic E-state index is -3.26. The first-order chi connectivity index (χ1) is 8.57. The molecular weight excluding hydrogens is 248 g/mol. The monoisotopic (exact) mass is 268 g/mol. The number of piperidine rings is 1. The maximum Gasteiger partial charge on any atom is 0.216 e. The molecule has 100 valence electrons. The van der Waals surface area contributed by atoms with E-state index in [2.05, 4.69) is 17.0 Å². The molecule has 1 saturated heterocycles. The van der Waals surface area contributed by atoms with Gasteiger partial charge in [0.2, 0.25) is 10.0 Å². The zero-order valence-electron chi connectivity index (χ0n) is 10.6. The van der Waals surface area contributed by atoms with Gasteiger partial charge in [-0.25, -0.2) is 13.1 Å². The number of rotatable bonds is 4. The Morgan fingerprint density at radius 1 is 1.33 bits per heavy atom. The van der Waals surface area contributed by atoms with Gasteiger partial charge in [-0.15, -0.1) is 0 Å². The van der Waals surface area contributed by atoms with Gasteiger partial charge >= 0.3 is 0 Å². The van der Waals surface area contributed by atoms with E-state index in [-0.39, 0.29) is 11.8 Å². The summed E-state index contributed by atoms with van der Waals surface area (Å²) in [7, 11) is -3.26. The summed E-state index contributed by atoms with van der Waals surface area (Å²) in [5, 5.41) is 3.22. The minimum Gasteiger partial charge on any atom is -0.315 e. The van der Waals surface area contributed by atoms with Crippen molar-refractivity contribution in [3.8, 4) is 0 Å². The van der Waals surface area contributed by atoms with Gasteiger partial charge in [0.1, 0.15) is 0 Å². The van der Waals surface area contributed by atoms with Crippen molar-refractivity contribution in [3.05, 3.63) is 35.9 Å². The molecular formula is C13H20N2O2S. The van der Waals surface area contributed by atoms with Gasteiger partial charge in [0.15, 0.2) is 0 Å². The highest BCUT2D eigenvalue weighted by Crippen LogP contribution is 2.13. The van der Waals surface area contributed by atoms with Crippen LogP contribution in [0.4, 0.5) is 0 Å². The molecule has 18 heavy (non-hydrogen) atoms. The van der Waals surface area contributed by atoms with E-state index in [4.69, 9.17) is 0 Å². The van der Waals surface area contributed by atoms with Crippen molar-refractivity contribution in [1.82, 2.24) is 10.0 Å². The van der Waals surface area contributed by atoms with Crippen LogP contribution in [0.5, 0.6) is 0 Å². The van der Waals surface area contributed by atoms with E-state index < -0.39 is 10.0 Å². The molecule has 1 aromatic carbocycles. The maximum atomic E-state index is 12.1. The van der Waals surface area contributed by atoms with E-state index in [9.17, 15) is 8.42 Å². The highest BCUT2D eigenvalue weighted by Gasteiger charge is 2.25. The van der Waals surface area contributed by atoms with Crippen molar-refractivity contribution in [3.63, 3.8) is 0 Å². The van der Waals surface area contributed by atoms with Crippen LogP contribution in [0.2, 0.25) is 0 Å². The Morgan fingerprint density at radius 3 is 2.72 bits per heavy atom. The highest BCUT2D eigenvalue weighted by molar-refractivity contribution is 7.88. The van der Waals surface area contributed by atoms with Crippen molar-refractivity contribution in [1.29, 1.82) is 0 Å². The summed E-state index contributed by atoms with van der Waals surface area (Å²) in [6.45, 7) is 3.78. The van der Waals surface area contributed by atoms with Crippen LogP contribution < -0.4 is 10.0 Å². The fraction of sp³-hybridized carbons (Fsp3) is 0.538. The first-order valence-corrected chi connectivity index (χ1v) is 7.97. The summed E-state index contributed by atoms with van der Waals surface area (Å²) in [5.74, 6) is 0.439. The second kappa shape index (κ2) is 5.82. The van der Waals surface area contributed by atoms with Crippen molar-refractivity contribution in [2.45, 2.75) is 25.1 Å². The number of nitrogens with one attached hydrogen (secondary N) is 2. The third-order valence-corrected chi connectivity index (χ3v) is 4.73. The van der Waals surface area contributed by atoms with Gasteiger partial charge in [-0.1, -0.05) is 37.3 Å². The fourth-order valence-corrected chi connectivity index (χ4v) is 3.70. The molecule has 1 aliphatic heterocycles. The van der Waals surface area contributed by atoms with Crippen LogP contribution in [0.15, 0.2) is 30.3 Å². The lowest BCUT2D eigenvalue weighted by Crippen LogP contribution is -2.50. The molecule has 2 atom stereocenters. The molecule has 2 rings (SSSR count). The zero-order valence-corrected chi connectivity index (χ0v) is 11.4. The third kappa shape index (κ3) is 3.80. The van der Waals surface area contributed by atoms with Gasteiger partial charge in [-0.05, 0) is 24.4 Å². The van der Waals surface area contributed by atoms with Crippen LogP contribution in [0, 0.1) is 5.92 Å². The van der Waals surface area contributed by atoms with Gasteiger partial charge < -0.3 is 5.32 Å². The average Bonchev–Trinajstić information content (AvgIpc) is 2.32. The van der Waals surface area contributed by atoms with Crippen molar-refractivity contribution >= 4 is 10.0 Å². The molecule has 2 unspecified atom stereocenters. The summed E-state index contributed by atoms with van der Waals surface area (Å²) in [6, 6.07) is 9.28. The predicted octanol–water partition coefficient (Wildman–Crippen LogP) is 1.10. The highest BCUT2D eigenvalue weighted by atomic mass is 32.2. The average molecular weight is 268 g/mol. The predicted molar refractivity (Wildman–Crippen MR) is 72.6 cm³/mol. The Hall–Kier alpha value is -0.910. The Labute approximate surface area is 109 Å². The van der Waals surface area contributed by atoms with Gasteiger partial charge in [-0.2, -0.15) is 0 Å². The molecule has 1 aromatic rings. The Kier molecular flexibility index (Phi) is 4.37. The van der Waals surface area contributed by atoms with Crippen LogP contribution in [0.3, 0.4) is 0 Å². The van der Waals surface area contributed by atoms with E-state index in [1.54, 1.807) is 0 Å². The Balaban J connectivity index is 1.99. The second-order valence-corrected chi connectivity index (χ2v) is 6.69. The van der Waals surface area contributed by atoms with Crippen molar-refractivity contribution in [2.75, 3.05) is 13.1 Å². The van der Waals surface area contributed by atoms with Crippen molar-refractivity contribution in [2.24, 2.45) is 5.92 Å². The lowest BCUT2D eigenvalue weighted by atomic mass is 9.96. The zero-order chi connectivity index (χ0) is 13.0. The number of hydrogen-bond donors (Lipinski definition) is 2. The molecule has 1 heterocycles. The van der Waals surface area contributed by atoms with Crippen molar-refractivity contribution < 1.29 is 8.42 Å². The molecule has 0 amide bonds.